The van der Waals surface area contributed by atoms with Crippen molar-refractivity contribution in [2.45, 2.75) is 39.5 Å². The van der Waals surface area contributed by atoms with Crippen molar-refractivity contribution in [2.24, 2.45) is 0 Å². The second kappa shape index (κ2) is 8.34. The molecule has 0 aromatic heterocycles. The van der Waals surface area contributed by atoms with Crippen LogP contribution < -0.4 is 5.32 Å². The predicted octanol–water partition coefficient (Wildman–Crippen LogP) is 1.91. The highest BCUT2D eigenvalue weighted by atomic mass is 16.2. The van der Waals surface area contributed by atoms with Crippen LogP contribution in [0.15, 0.2) is 0 Å². The van der Waals surface area contributed by atoms with E-state index in [9.17, 15) is 4.79 Å². The van der Waals surface area contributed by atoms with E-state index < -0.39 is 0 Å². The van der Waals surface area contributed by atoms with Crippen molar-refractivity contribution < 1.29 is 4.79 Å². The zero-order chi connectivity index (χ0) is 12.5. The van der Waals surface area contributed by atoms with Gasteiger partial charge in [-0.15, -0.1) is 0 Å². The standard InChI is InChI=1S/C13H27N3O/c1-3-15(4-2)12-9-14-13(17)16-10-7-5-6-8-11-16/h3-12H2,1-2H3,(H,14,17). The van der Waals surface area contributed by atoms with Gasteiger partial charge in [0.25, 0.3) is 0 Å². The lowest BCUT2D eigenvalue weighted by Gasteiger charge is -2.22. The molecule has 1 aliphatic heterocycles. The lowest BCUT2D eigenvalue weighted by Crippen LogP contribution is -2.43. The molecule has 0 saturated carbocycles. The monoisotopic (exact) mass is 241 g/mol. The Kier molecular flexibility index (Phi) is 7.01. The Hall–Kier alpha value is -0.770. The Morgan fingerprint density at radius 2 is 1.71 bits per heavy atom. The van der Waals surface area contributed by atoms with E-state index in [4.69, 9.17) is 0 Å². The van der Waals surface area contributed by atoms with Crippen molar-refractivity contribution >= 4 is 6.03 Å². The Morgan fingerprint density at radius 1 is 1.12 bits per heavy atom. The second-order valence-electron chi connectivity index (χ2n) is 4.66. The van der Waals surface area contributed by atoms with Crippen LogP contribution in [0.4, 0.5) is 4.79 Å². The zero-order valence-corrected chi connectivity index (χ0v) is 11.4. The van der Waals surface area contributed by atoms with Crippen LogP contribution >= 0.6 is 0 Å². The maximum absolute atomic E-state index is 11.9. The number of hydrogen-bond donors (Lipinski definition) is 1. The van der Waals surface area contributed by atoms with E-state index in [2.05, 4.69) is 24.1 Å². The summed E-state index contributed by atoms with van der Waals surface area (Å²) in [5.74, 6) is 0. The summed E-state index contributed by atoms with van der Waals surface area (Å²) in [6.45, 7) is 9.98. The minimum Gasteiger partial charge on any atom is -0.337 e. The van der Waals surface area contributed by atoms with Crippen molar-refractivity contribution in [1.29, 1.82) is 0 Å². The van der Waals surface area contributed by atoms with E-state index in [-0.39, 0.29) is 6.03 Å². The van der Waals surface area contributed by atoms with Crippen LogP contribution in [0.3, 0.4) is 0 Å². The number of amides is 2. The SMILES string of the molecule is CCN(CC)CCNC(=O)N1CCCCCC1. The molecule has 0 atom stereocenters. The molecule has 0 aliphatic carbocycles. The smallest absolute Gasteiger partial charge is 0.317 e. The number of hydrogen-bond acceptors (Lipinski definition) is 2. The van der Waals surface area contributed by atoms with Crippen molar-refractivity contribution in [2.75, 3.05) is 39.3 Å². The average molecular weight is 241 g/mol. The summed E-state index contributed by atoms with van der Waals surface area (Å²) in [5, 5.41) is 3.02. The number of urea groups is 1. The molecule has 1 N–H and O–H groups in total. The predicted molar refractivity (Wildman–Crippen MR) is 71.2 cm³/mol. The normalized spacial score (nSPS) is 17.0. The molecule has 1 rings (SSSR count). The van der Waals surface area contributed by atoms with Gasteiger partial charge in [0.2, 0.25) is 0 Å². The first kappa shape index (κ1) is 14.3. The topological polar surface area (TPSA) is 35.6 Å². The molecule has 4 nitrogen and oxygen atoms in total. The molecule has 0 aromatic rings. The first-order valence-electron chi connectivity index (χ1n) is 7.03. The molecule has 0 radical (unpaired) electrons. The summed E-state index contributed by atoms with van der Waals surface area (Å²) in [5.41, 5.74) is 0. The van der Waals surface area contributed by atoms with Crippen LogP contribution in [0.25, 0.3) is 0 Å². The Balaban J connectivity index is 2.19. The maximum Gasteiger partial charge on any atom is 0.317 e. The average Bonchev–Trinajstić information content (AvgIpc) is 2.63. The number of nitrogens with zero attached hydrogens (tertiary/aromatic N) is 2. The van der Waals surface area contributed by atoms with Crippen molar-refractivity contribution in [3.8, 4) is 0 Å². The van der Waals surface area contributed by atoms with Gasteiger partial charge in [0.1, 0.15) is 0 Å². The van der Waals surface area contributed by atoms with Gasteiger partial charge >= 0.3 is 6.03 Å². The Bertz CT molecular complexity index is 209. The summed E-state index contributed by atoms with van der Waals surface area (Å²) in [6.07, 6.45) is 4.85. The molecular formula is C13H27N3O. The highest BCUT2D eigenvalue weighted by Crippen LogP contribution is 2.09. The van der Waals surface area contributed by atoms with Gasteiger partial charge in [-0.3, -0.25) is 0 Å². The van der Waals surface area contributed by atoms with Crippen molar-refractivity contribution in [1.82, 2.24) is 15.1 Å². The first-order valence-corrected chi connectivity index (χ1v) is 7.03. The van der Waals surface area contributed by atoms with Gasteiger partial charge in [0, 0.05) is 26.2 Å². The third-order valence-corrected chi connectivity index (χ3v) is 3.49. The van der Waals surface area contributed by atoms with Gasteiger partial charge in [-0.2, -0.15) is 0 Å². The fourth-order valence-corrected chi connectivity index (χ4v) is 2.25. The second-order valence-corrected chi connectivity index (χ2v) is 4.66. The molecule has 4 heteroatoms. The number of likely N-dealkylation sites (tertiary alicyclic amines) is 1. The molecule has 2 amide bonds. The minimum absolute atomic E-state index is 0.124. The summed E-state index contributed by atoms with van der Waals surface area (Å²) < 4.78 is 0. The number of nitrogens with one attached hydrogen (secondary N) is 1. The minimum atomic E-state index is 0.124. The van der Waals surface area contributed by atoms with E-state index in [0.29, 0.717) is 0 Å². The third-order valence-electron chi connectivity index (χ3n) is 3.49. The summed E-state index contributed by atoms with van der Waals surface area (Å²) in [6, 6.07) is 0.124. The van der Waals surface area contributed by atoms with Gasteiger partial charge in [0.15, 0.2) is 0 Å². The number of rotatable bonds is 5. The fraction of sp³-hybridized carbons (Fsp3) is 0.923. The summed E-state index contributed by atoms with van der Waals surface area (Å²) in [7, 11) is 0. The highest BCUT2D eigenvalue weighted by Gasteiger charge is 2.14. The molecule has 0 bridgehead atoms. The van der Waals surface area contributed by atoms with Crippen molar-refractivity contribution in [3.05, 3.63) is 0 Å². The van der Waals surface area contributed by atoms with E-state index in [1.54, 1.807) is 0 Å². The fourth-order valence-electron chi connectivity index (χ4n) is 2.25. The molecule has 100 valence electrons. The largest absolute Gasteiger partial charge is 0.337 e. The van der Waals surface area contributed by atoms with E-state index in [1.807, 2.05) is 4.90 Å². The number of likely N-dealkylation sites (N-methyl/N-ethyl adjacent to an activating group) is 1. The van der Waals surface area contributed by atoms with E-state index in [1.165, 1.54) is 12.8 Å². The first-order chi connectivity index (χ1) is 8.27. The molecule has 17 heavy (non-hydrogen) atoms. The number of carbonyl (C=O) groups excluding carboxylic acids is 1. The van der Waals surface area contributed by atoms with Crippen LogP contribution in [0, 0.1) is 0 Å². The highest BCUT2D eigenvalue weighted by molar-refractivity contribution is 5.74. The van der Waals surface area contributed by atoms with Crippen LogP contribution in [0.2, 0.25) is 0 Å². The van der Waals surface area contributed by atoms with Gasteiger partial charge in [0.05, 0.1) is 0 Å². The van der Waals surface area contributed by atoms with Crippen molar-refractivity contribution in [3.63, 3.8) is 0 Å². The summed E-state index contributed by atoms with van der Waals surface area (Å²) >= 11 is 0. The number of carbonyl (C=O) groups is 1. The van der Waals surface area contributed by atoms with Crippen LogP contribution in [0.1, 0.15) is 39.5 Å². The molecular weight excluding hydrogens is 214 g/mol. The maximum atomic E-state index is 11.9. The molecule has 0 spiro atoms. The van der Waals surface area contributed by atoms with Crippen LogP contribution in [0.5, 0.6) is 0 Å². The molecule has 0 aromatic carbocycles. The van der Waals surface area contributed by atoms with E-state index in [0.717, 1.165) is 52.1 Å². The quantitative estimate of drug-likeness (QED) is 0.798. The van der Waals surface area contributed by atoms with Crippen LogP contribution in [-0.2, 0) is 0 Å². The molecule has 1 fully saturated rings. The molecule has 0 unspecified atom stereocenters. The van der Waals surface area contributed by atoms with Crippen LogP contribution in [-0.4, -0.2) is 55.1 Å². The lowest BCUT2D eigenvalue weighted by molar-refractivity contribution is 0.197. The Morgan fingerprint density at radius 3 is 2.24 bits per heavy atom. The van der Waals surface area contributed by atoms with Gasteiger partial charge in [-0.1, -0.05) is 26.7 Å². The third kappa shape index (κ3) is 5.39. The molecule has 1 saturated heterocycles. The molecule has 1 aliphatic rings. The zero-order valence-electron chi connectivity index (χ0n) is 11.4. The van der Waals surface area contributed by atoms with Gasteiger partial charge < -0.3 is 15.1 Å². The molecule has 1 heterocycles. The lowest BCUT2D eigenvalue weighted by atomic mass is 10.2. The summed E-state index contributed by atoms with van der Waals surface area (Å²) in [4.78, 5) is 16.2. The van der Waals surface area contributed by atoms with E-state index >= 15 is 0 Å². The van der Waals surface area contributed by atoms with Gasteiger partial charge in [-0.25, -0.2) is 4.79 Å². The van der Waals surface area contributed by atoms with Gasteiger partial charge in [-0.05, 0) is 25.9 Å². The Labute approximate surface area is 105 Å².